The molecule has 0 aliphatic heterocycles. The molecule has 0 aliphatic carbocycles. The van der Waals surface area contributed by atoms with Gasteiger partial charge in [-0.2, -0.15) is 0 Å². The van der Waals surface area contributed by atoms with Crippen molar-refractivity contribution in [2.24, 2.45) is 0 Å². The fraction of sp³-hybridized carbons (Fsp3) is 0.385. The lowest BCUT2D eigenvalue weighted by Gasteiger charge is -2.05. The number of hydrogen-bond acceptors (Lipinski definition) is 3. The fourth-order valence-corrected chi connectivity index (χ4v) is 2.35. The van der Waals surface area contributed by atoms with Crippen molar-refractivity contribution >= 4 is 28.4 Å². The number of nitrogens with one attached hydrogen (secondary N) is 1. The van der Waals surface area contributed by atoms with Crippen LogP contribution in [0.25, 0.3) is 0 Å². The SMILES string of the molecule is CCc1ccc(NC(=O)CS(=O)CCC(=O)O)cc1. The highest BCUT2D eigenvalue weighted by molar-refractivity contribution is 7.85. The lowest BCUT2D eigenvalue weighted by Crippen LogP contribution is -2.21. The third-order valence-electron chi connectivity index (χ3n) is 2.48. The van der Waals surface area contributed by atoms with Gasteiger partial charge in [-0.25, -0.2) is 0 Å². The Kier molecular flexibility index (Phi) is 6.21. The molecule has 2 N–H and O–H groups in total. The van der Waals surface area contributed by atoms with Gasteiger partial charge in [0.1, 0.15) is 5.75 Å². The van der Waals surface area contributed by atoms with E-state index in [4.69, 9.17) is 5.11 Å². The number of carbonyl (C=O) groups is 2. The molecule has 6 heteroatoms. The Hall–Kier alpha value is -1.69. The van der Waals surface area contributed by atoms with E-state index >= 15 is 0 Å². The van der Waals surface area contributed by atoms with E-state index in [0.717, 1.165) is 6.42 Å². The Balaban J connectivity index is 2.41. The molecule has 0 saturated carbocycles. The lowest BCUT2D eigenvalue weighted by atomic mass is 10.1. The summed E-state index contributed by atoms with van der Waals surface area (Å²) in [6.45, 7) is 2.04. The summed E-state index contributed by atoms with van der Waals surface area (Å²) in [5.41, 5.74) is 1.82. The lowest BCUT2D eigenvalue weighted by molar-refractivity contribution is -0.136. The van der Waals surface area contributed by atoms with Gasteiger partial charge in [0.05, 0.1) is 6.42 Å². The molecule has 5 nitrogen and oxygen atoms in total. The maximum atomic E-state index is 11.6. The quantitative estimate of drug-likeness (QED) is 0.792. The molecule has 1 atom stereocenters. The molecule has 0 fully saturated rings. The van der Waals surface area contributed by atoms with Gasteiger partial charge in [-0.3, -0.25) is 13.8 Å². The van der Waals surface area contributed by atoms with Crippen LogP contribution in [0.15, 0.2) is 24.3 Å². The van der Waals surface area contributed by atoms with Gasteiger partial charge in [-0.05, 0) is 24.1 Å². The molecule has 1 rings (SSSR count). The summed E-state index contributed by atoms with van der Waals surface area (Å²) in [7, 11) is -1.44. The highest BCUT2D eigenvalue weighted by atomic mass is 32.2. The van der Waals surface area contributed by atoms with Crippen LogP contribution in [0.1, 0.15) is 18.9 Å². The molecular formula is C13H17NO4S. The Labute approximate surface area is 114 Å². The van der Waals surface area contributed by atoms with Crippen LogP contribution < -0.4 is 5.32 Å². The molecule has 0 aromatic heterocycles. The maximum Gasteiger partial charge on any atom is 0.304 e. The third kappa shape index (κ3) is 6.15. The Morgan fingerprint density at radius 3 is 2.42 bits per heavy atom. The maximum absolute atomic E-state index is 11.6. The second-order valence-corrected chi connectivity index (χ2v) is 5.61. The van der Waals surface area contributed by atoms with E-state index in [1.165, 1.54) is 5.56 Å². The van der Waals surface area contributed by atoms with E-state index in [1.54, 1.807) is 12.1 Å². The summed E-state index contributed by atoms with van der Waals surface area (Å²) < 4.78 is 11.4. The number of benzene rings is 1. The highest BCUT2D eigenvalue weighted by Crippen LogP contribution is 2.09. The molecule has 0 heterocycles. The van der Waals surface area contributed by atoms with Gasteiger partial charge >= 0.3 is 5.97 Å². The molecule has 0 spiro atoms. The number of carboxylic acids is 1. The van der Waals surface area contributed by atoms with Crippen molar-refractivity contribution in [2.75, 3.05) is 16.8 Å². The highest BCUT2D eigenvalue weighted by Gasteiger charge is 2.10. The van der Waals surface area contributed by atoms with Crippen LogP contribution in [0.2, 0.25) is 0 Å². The van der Waals surface area contributed by atoms with Crippen molar-refractivity contribution in [3.8, 4) is 0 Å². The predicted octanol–water partition coefficient (Wildman–Crippen LogP) is 1.41. The van der Waals surface area contributed by atoms with Crippen molar-refractivity contribution in [3.63, 3.8) is 0 Å². The number of anilines is 1. The zero-order valence-electron chi connectivity index (χ0n) is 10.7. The van der Waals surface area contributed by atoms with E-state index in [-0.39, 0.29) is 23.8 Å². The summed E-state index contributed by atoms with van der Waals surface area (Å²) >= 11 is 0. The van der Waals surface area contributed by atoms with Crippen molar-refractivity contribution < 1.29 is 18.9 Å². The van der Waals surface area contributed by atoms with Crippen LogP contribution in [0.5, 0.6) is 0 Å². The Bertz CT molecular complexity index is 470. The van der Waals surface area contributed by atoms with Crippen molar-refractivity contribution in [3.05, 3.63) is 29.8 Å². The third-order valence-corrected chi connectivity index (χ3v) is 3.73. The monoisotopic (exact) mass is 283 g/mol. The summed E-state index contributed by atoms with van der Waals surface area (Å²) in [5.74, 6) is -1.56. The number of aryl methyl sites for hydroxylation is 1. The van der Waals surface area contributed by atoms with Gasteiger partial charge in [-0.15, -0.1) is 0 Å². The van der Waals surface area contributed by atoms with Gasteiger partial charge in [-0.1, -0.05) is 19.1 Å². The summed E-state index contributed by atoms with van der Waals surface area (Å²) in [6, 6.07) is 7.40. The number of carbonyl (C=O) groups excluding carboxylic acids is 1. The summed E-state index contributed by atoms with van der Waals surface area (Å²) in [4.78, 5) is 21.9. The van der Waals surface area contributed by atoms with Gasteiger partial charge in [0.25, 0.3) is 0 Å². The smallest absolute Gasteiger partial charge is 0.304 e. The number of hydrogen-bond donors (Lipinski definition) is 2. The molecule has 0 saturated heterocycles. The topological polar surface area (TPSA) is 83.5 Å². The van der Waals surface area contributed by atoms with Gasteiger partial charge in [0.15, 0.2) is 0 Å². The molecule has 1 aromatic rings. The normalized spacial score (nSPS) is 11.8. The van der Waals surface area contributed by atoms with Gasteiger partial charge in [0.2, 0.25) is 5.91 Å². The second kappa shape index (κ2) is 7.68. The first kappa shape index (κ1) is 15.4. The Morgan fingerprint density at radius 2 is 1.89 bits per heavy atom. The molecule has 0 bridgehead atoms. The van der Waals surface area contributed by atoms with E-state index in [2.05, 4.69) is 5.32 Å². The first-order valence-corrected chi connectivity index (χ1v) is 7.45. The molecule has 0 aliphatic rings. The first-order chi connectivity index (χ1) is 9.01. The zero-order valence-corrected chi connectivity index (χ0v) is 11.5. The average Bonchev–Trinajstić information content (AvgIpc) is 2.37. The van der Waals surface area contributed by atoms with E-state index in [9.17, 15) is 13.8 Å². The molecule has 1 aromatic carbocycles. The zero-order chi connectivity index (χ0) is 14.3. The molecular weight excluding hydrogens is 266 g/mol. The summed E-state index contributed by atoms with van der Waals surface area (Å²) in [6.07, 6.45) is 0.735. The van der Waals surface area contributed by atoms with E-state index in [1.807, 2.05) is 19.1 Å². The largest absolute Gasteiger partial charge is 0.481 e. The Morgan fingerprint density at radius 1 is 1.26 bits per heavy atom. The number of carboxylic acid groups (broad SMARTS) is 1. The average molecular weight is 283 g/mol. The summed E-state index contributed by atoms with van der Waals surface area (Å²) in [5, 5.41) is 11.1. The molecule has 1 unspecified atom stereocenters. The minimum absolute atomic E-state index is 0.00245. The van der Waals surface area contributed by atoms with E-state index in [0.29, 0.717) is 5.69 Å². The second-order valence-electron chi connectivity index (χ2n) is 4.03. The molecule has 0 radical (unpaired) electrons. The van der Waals surface area contributed by atoms with Crippen LogP contribution in [-0.2, 0) is 26.8 Å². The van der Waals surface area contributed by atoms with Crippen LogP contribution in [-0.4, -0.2) is 32.7 Å². The molecule has 1 amide bonds. The molecule has 104 valence electrons. The van der Waals surface area contributed by atoms with Crippen LogP contribution in [0, 0.1) is 0 Å². The van der Waals surface area contributed by atoms with Crippen molar-refractivity contribution in [1.82, 2.24) is 0 Å². The predicted molar refractivity (Wildman–Crippen MR) is 74.6 cm³/mol. The molecule has 19 heavy (non-hydrogen) atoms. The van der Waals surface area contributed by atoms with Crippen LogP contribution in [0.3, 0.4) is 0 Å². The fourth-order valence-electron chi connectivity index (χ4n) is 1.44. The first-order valence-electron chi connectivity index (χ1n) is 5.97. The minimum atomic E-state index is -1.44. The van der Waals surface area contributed by atoms with Crippen LogP contribution >= 0.6 is 0 Å². The van der Waals surface area contributed by atoms with Gasteiger partial charge < -0.3 is 10.4 Å². The van der Waals surface area contributed by atoms with E-state index < -0.39 is 16.8 Å². The standard InChI is InChI=1S/C13H17NO4S/c1-2-10-3-5-11(6-4-10)14-12(15)9-19(18)8-7-13(16)17/h3-6H,2,7-9H2,1H3,(H,14,15)(H,16,17). The van der Waals surface area contributed by atoms with Crippen LogP contribution in [0.4, 0.5) is 5.69 Å². The number of amides is 1. The number of rotatable bonds is 7. The number of aliphatic carboxylic acids is 1. The van der Waals surface area contributed by atoms with Gasteiger partial charge in [0, 0.05) is 22.2 Å². The van der Waals surface area contributed by atoms with Crippen molar-refractivity contribution in [2.45, 2.75) is 19.8 Å². The minimum Gasteiger partial charge on any atom is -0.481 e. The van der Waals surface area contributed by atoms with Crippen molar-refractivity contribution in [1.29, 1.82) is 0 Å².